The van der Waals surface area contributed by atoms with Gasteiger partial charge >= 0.3 is 0 Å². The molecule has 13 heavy (non-hydrogen) atoms. The first-order valence-electron chi connectivity index (χ1n) is 4.11. The van der Waals surface area contributed by atoms with Gasteiger partial charge in [-0.05, 0) is 38.5 Å². The largest absolute Gasteiger partial charge is 0.508 e. The number of hydrogen-bond acceptors (Lipinski definition) is 2. The quantitative estimate of drug-likeness (QED) is 0.730. The summed E-state index contributed by atoms with van der Waals surface area (Å²) in [6.07, 6.45) is 0. The third-order valence-corrected chi connectivity index (χ3v) is 2.43. The van der Waals surface area contributed by atoms with Crippen LogP contribution in [-0.2, 0) is 5.54 Å². The Labute approximate surface area is 83.3 Å². The lowest BCUT2D eigenvalue weighted by atomic mass is 9.90. The van der Waals surface area contributed by atoms with E-state index < -0.39 is 5.54 Å². The molecule has 1 aromatic rings. The predicted molar refractivity (Wildman–Crippen MR) is 55.1 cm³/mol. The maximum atomic E-state index is 9.61. The van der Waals surface area contributed by atoms with Gasteiger partial charge in [-0.2, -0.15) is 0 Å². The molecular weight excluding hydrogens is 186 g/mol. The molecule has 0 heterocycles. The van der Waals surface area contributed by atoms with E-state index in [9.17, 15) is 5.11 Å². The van der Waals surface area contributed by atoms with Crippen LogP contribution in [0, 0.1) is 6.92 Å². The Morgan fingerprint density at radius 1 is 1.38 bits per heavy atom. The first-order chi connectivity index (χ1) is 5.84. The zero-order chi connectivity index (χ0) is 10.2. The smallest absolute Gasteiger partial charge is 0.120 e. The number of halogens is 1. The van der Waals surface area contributed by atoms with Gasteiger partial charge in [0.1, 0.15) is 5.75 Å². The van der Waals surface area contributed by atoms with Crippen LogP contribution >= 0.6 is 11.6 Å². The van der Waals surface area contributed by atoms with Gasteiger partial charge in [-0.1, -0.05) is 11.6 Å². The second-order valence-corrected chi connectivity index (χ2v) is 4.20. The van der Waals surface area contributed by atoms with Gasteiger partial charge in [0, 0.05) is 16.1 Å². The fourth-order valence-electron chi connectivity index (χ4n) is 1.49. The highest BCUT2D eigenvalue weighted by Gasteiger charge is 2.21. The van der Waals surface area contributed by atoms with E-state index in [1.165, 1.54) is 0 Å². The lowest BCUT2D eigenvalue weighted by Gasteiger charge is -2.23. The van der Waals surface area contributed by atoms with Crippen molar-refractivity contribution in [1.82, 2.24) is 0 Å². The molecule has 3 N–H and O–H groups in total. The Hall–Kier alpha value is -0.730. The molecule has 0 fully saturated rings. The molecule has 0 radical (unpaired) electrons. The van der Waals surface area contributed by atoms with Crippen molar-refractivity contribution in [1.29, 1.82) is 0 Å². The molecule has 0 bridgehead atoms. The molecule has 0 atom stereocenters. The first kappa shape index (κ1) is 10.4. The van der Waals surface area contributed by atoms with Crippen molar-refractivity contribution < 1.29 is 5.11 Å². The predicted octanol–water partition coefficient (Wildman–Crippen LogP) is 2.55. The van der Waals surface area contributed by atoms with Gasteiger partial charge in [-0.25, -0.2) is 0 Å². The van der Waals surface area contributed by atoms with E-state index in [0.29, 0.717) is 10.6 Å². The maximum Gasteiger partial charge on any atom is 0.120 e. The number of aromatic hydroxyl groups is 1. The normalized spacial score (nSPS) is 11.8. The molecule has 0 aromatic heterocycles. The van der Waals surface area contributed by atoms with Crippen LogP contribution in [0.15, 0.2) is 12.1 Å². The van der Waals surface area contributed by atoms with Crippen molar-refractivity contribution in [2.24, 2.45) is 5.73 Å². The Morgan fingerprint density at radius 2 is 1.92 bits per heavy atom. The molecule has 0 aliphatic heterocycles. The molecular formula is C10H14ClNO. The highest BCUT2D eigenvalue weighted by Crippen LogP contribution is 2.33. The van der Waals surface area contributed by atoms with Crippen LogP contribution in [0.25, 0.3) is 0 Å². The van der Waals surface area contributed by atoms with Gasteiger partial charge in [0.15, 0.2) is 0 Å². The molecule has 0 aliphatic rings. The van der Waals surface area contributed by atoms with E-state index in [1.54, 1.807) is 12.1 Å². The van der Waals surface area contributed by atoms with Crippen LogP contribution in [0.2, 0.25) is 5.02 Å². The van der Waals surface area contributed by atoms with Crippen molar-refractivity contribution in [2.75, 3.05) is 0 Å². The fraction of sp³-hybridized carbons (Fsp3) is 0.400. The van der Waals surface area contributed by atoms with Crippen molar-refractivity contribution in [3.63, 3.8) is 0 Å². The standard InChI is InChI=1S/C10H14ClNO/c1-6-7(11)4-5-8(13)9(6)10(2,3)12/h4-5,13H,12H2,1-3H3. The summed E-state index contributed by atoms with van der Waals surface area (Å²) in [6.45, 7) is 5.53. The summed E-state index contributed by atoms with van der Waals surface area (Å²) in [5, 5.41) is 10.2. The highest BCUT2D eigenvalue weighted by atomic mass is 35.5. The highest BCUT2D eigenvalue weighted by molar-refractivity contribution is 6.31. The van der Waals surface area contributed by atoms with Gasteiger partial charge in [-0.3, -0.25) is 0 Å². The van der Waals surface area contributed by atoms with Crippen LogP contribution < -0.4 is 5.73 Å². The number of benzene rings is 1. The molecule has 0 spiro atoms. The van der Waals surface area contributed by atoms with Crippen molar-refractivity contribution in [3.05, 3.63) is 28.3 Å². The number of nitrogens with two attached hydrogens (primary N) is 1. The molecule has 0 aliphatic carbocycles. The van der Waals surface area contributed by atoms with Crippen molar-refractivity contribution in [2.45, 2.75) is 26.3 Å². The van der Waals surface area contributed by atoms with Crippen LogP contribution in [0.3, 0.4) is 0 Å². The minimum Gasteiger partial charge on any atom is -0.508 e. The zero-order valence-electron chi connectivity index (χ0n) is 8.06. The van der Waals surface area contributed by atoms with E-state index in [4.69, 9.17) is 17.3 Å². The van der Waals surface area contributed by atoms with Gasteiger partial charge in [0.25, 0.3) is 0 Å². The topological polar surface area (TPSA) is 46.2 Å². The Balaban J connectivity index is 3.43. The van der Waals surface area contributed by atoms with Gasteiger partial charge < -0.3 is 10.8 Å². The van der Waals surface area contributed by atoms with E-state index in [1.807, 2.05) is 20.8 Å². The summed E-state index contributed by atoms with van der Waals surface area (Å²) in [5.41, 5.74) is 6.89. The molecule has 0 saturated carbocycles. The number of hydrogen-bond donors (Lipinski definition) is 2. The SMILES string of the molecule is Cc1c(Cl)ccc(O)c1C(C)(C)N. The summed E-state index contributed by atoms with van der Waals surface area (Å²) in [5.74, 6) is 0.203. The molecule has 0 saturated heterocycles. The van der Waals surface area contributed by atoms with Crippen molar-refractivity contribution >= 4 is 11.6 Å². The minimum atomic E-state index is -0.570. The summed E-state index contributed by atoms with van der Waals surface area (Å²) in [4.78, 5) is 0. The van der Waals surface area contributed by atoms with Crippen LogP contribution in [0.5, 0.6) is 5.75 Å². The summed E-state index contributed by atoms with van der Waals surface area (Å²) in [7, 11) is 0. The third-order valence-electron chi connectivity index (χ3n) is 2.02. The third kappa shape index (κ3) is 1.95. The number of phenolic OH excluding ortho intramolecular Hbond substituents is 1. The van der Waals surface area contributed by atoms with Crippen LogP contribution in [0.4, 0.5) is 0 Å². The zero-order valence-corrected chi connectivity index (χ0v) is 8.81. The monoisotopic (exact) mass is 199 g/mol. The van der Waals surface area contributed by atoms with Gasteiger partial charge in [0.2, 0.25) is 0 Å². The molecule has 0 amide bonds. The lowest BCUT2D eigenvalue weighted by molar-refractivity contribution is 0.439. The van der Waals surface area contributed by atoms with Crippen LogP contribution in [0.1, 0.15) is 25.0 Å². The van der Waals surface area contributed by atoms with E-state index in [0.717, 1.165) is 5.56 Å². The van der Waals surface area contributed by atoms with Gasteiger partial charge in [0.05, 0.1) is 0 Å². The molecule has 2 nitrogen and oxygen atoms in total. The van der Waals surface area contributed by atoms with E-state index in [2.05, 4.69) is 0 Å². The molecule has 3 heteroatoms. The lowest BCUT2D eigenvalue weighted by Crippen LogP contribution is -2.29. The second-order valence-electron chi connectivity index (χ2n) is 3.79. The molecule has 1 rings (SSSR count). The summed E-state index contributed by atoms with van der Waals surface area (Å²) in [6, 6.07) is 3.24. The summed E-state index contributed by atoms with van der Waals surface area (Å²) >= 11 is 5.93. The second kappa shape index (κ2) is 3.20. The average molecular weight is 200 g/mol. The van der Waals surface area contributed by atoms with Crippen molar-refractivity contribution in [3.8, 4) is 5.75 Å². The van der Waals surface area contributed by atoms with Gasteiger partial charge in [-0.15, -0.1) is 0 Å². The number of rotatable bonds is 1. The average Bonchev–Trinajstić information content (AvgIpc) is 1.95. The first-order valence-corrected chi connectivity index (χ1v) is 4.49. The molecule has 1 aromatic carbocycles. The number of phenols is 1. The van der Waals surface area contributed by atoms with E-state index in [-0.39, 0.29) is 5.75 Å². The minimum absolute atomic E-state index is 0.203. The molecule has 0 unspecified atom stereocenters. The summed E-state index contributed by atoms with van der Waals surface area (Å²) < 4.78 is 0. The van der Waals surface area contributed by atoms with Crippen LogP contribution in [-0.4, -0.2) is 5.11 Å². The maximum absolute atomic E-state index is 9.61. The Morgan fingerprint density at radius 3 is 2.31 bits per heavy atom. The van der Waals surface area contributed by atoms with E-state index >= 15 is 0 Å². The Bertz CT molecular complexity index is 328. The fourth-order valence-corrected chi connectivity index (χ4v) is 1.64. The Kier molecular flexibility index (Phi) is 2.55. The molecule has 72 valence electrons.